The van der Waals surface area contributed by atoms with Crippen LogP contribution in [-0.2, 0) is 0 Å². The Morgan fingerprint density at radius 2 is 1.30 bits per heavy atom. The third kappa shape index (κ3) is 1.27. The molecule has 0 saturated heterocycles. The average Bonchev–Trinajstić information content (AvgIpc) is 1.93. The predicted molar refractivity (Wildman–Crippen MR) is 45.8 cm³/mol. The van der Waals surface area contributed by atoms with Gasteiger partial charge < -0.3 is 0 Å². The van der Waals surface area contributed by atoms with Crippen LogP contribution in [0.2, 0.25) is 0 Å². The minimum atomic E-state index is 1.20. The molecule has 1 aliphatic carbocycles. The van der Waals surface area contributed by atoms with Gasteiger partial charge in [-0.25, -0.2) is 0 Å². The van der Waals surface area contributed by atoms with Crippen molar-refractivity contribution in [2.24, 2.45) is 0 Å². The smallest absolute Gasteiger partial charge is 0.0235 e. The lowest BCUT2D eigenvalue weighted by atomic mass is 9.85. The van der Waals surface area contributed by atoms with E-state index in [1.165, 1.54) is 24.0 Å². The molecule has 0 bridgehead atoms. The SMILES string of the molecule is C=CC=C1CCC1=CC=C. The lowest BCUT2D eigenvalue weighted by Crippen LogP contribution is -2.01. The van der Waals surface area contributed by atoms with Crippen LogP contribution in [0.15, 0.2) is 48.6 Å². The molecule has 0 amide bonds. The van der Waals surface area contributed by atoms with Gasteiger partial charge in [-0.1, -0.05) is 37.5 Å². The van der Waals surface area contributed by atoms with E-state index < -0.39 is 0 Å². The molecule has 0 aliphatic heterocycles. The maximum atomic E-state index is 3.65. The number of allylic oxidation sites excluding steroid dienone is 6. The summed E-state index contributed by atoms with van der Waals surface area (Å²) in [4.78, 5) is 0. The first-order chi connectivity index (χ1) is 4.88. The summed E-state index contributed by atoms with van der Waals surface area (Å²) >= 11 is 0. The van der Waals surface area contributed by atoms with E-state index in [1.807, 2.05) is 12.2 Å². The second kappa shape index (κ2) is 3.21. The van der Waals surface area contributed by atoms with Crippen LogP contribution in [0.1, 0.15) is 12.8 Å². The van der Waals surface area contributed by atoms with Gasteiger partial charge in [-0.3, -0.25) is 0 Å². The van der Waals surface area contributed by atoms with E-state index >= 15 is 0 Å². The summed E-state index contributed by atoms with van der Waals surface area (Å²) in [7, 11) is 0. The third-order valence-corrected chi connectivity index (χ3v) is 1.71. The highest BCUT2D eigenvalue weighted by molar-refractivity contribution is 5.42. The maximum Gasteiger partial charge on any atom is -0.0235 e. The van der Waals surface area contributed by atoms with E-state index in [1.54, 1.807) is 0 Å². The monoisotopic (exact) mass is 132 g/mol. The number of hydrogen-bond acceptors (Lipinski definition) is 0. The molecule has 0 N–H and O–H groups in total. The van der Waals surface area contributed by atoms with Crippen molar-refractivity contribution in [2.45, 2.75) is 12.8 Å². The average molecular weight is 132 g/mol. The molecule has 0 unspecified atom stereocenters. The van der Waals surface area contributed by atoms with Crippen molar-refractivity contribution >= 4 is 0 Å². The molecule has 1 rings (SSSR count). The quantitative estimate of drug-likeness (QED) is 0.541. The standard InChI is InChI=1S/C10H12/c1-3-5-9-7-8-10(9)6-4-2/h3-6H,1-2,7-8H2. The molecule has 0 atom stereocenters. The summed E-state index contributed by atoms with van der Waals surface area (Å²) in [5.74, 6) is 0. The van der Waals surface area contributed by atoms with E-state index in [9.17, 15) is 0 Å². The van der Waals surface area contributed by atoms with Crippen molar-refractivity contribution in [3.05, 3.63) is 48.6 Å². The third-order valence-electron chi connectivity index (χ3n) is 1.71. The van der Waals surface area contributed by atoms with Gasteiger partial charge in [0.25, 0.3) is 0 Å². The molecule has 0 radical (unpaired) electrons. The molecule has 0 heterocycles. The molecule has 0 aromatic carbocycles. The normalized spacial score (nSPS) is 24.4. The minimum Gasteiger partial charge on any atom is -0.0991 e. The number of hydrogen-bond donors (Lipinski definition) is 0. The zero-order valence-corrected chi connectivity index (χ0v) is 6.14. The van der Waals surface area contributed by atoms with Gasteiger partial charge in [0.05, 0.1) is 0 Å². The molecule has 0 aromatic heterocycles. The van der Waals surface area contributed by atoms with Crippen molar-refractivity contribution < 1.29 is 0 Å². The highest BCUT2D eigenvalue weighted by Crippen LogP contribution is 2.32. The van der Waals surface area contributed by atoms with E-state index in [4.69, 9.17) is 0 Å². The molecule has 1 saturated carbocycles. The Morgan fingerprint density at radius 3 is 1.50 bits per heavy atom. The topological polar surface area (TPSA) is 0 Å². The Bertz CT molecular complexity index is 180. The van der Waals surface area contributed by atoms with Gasteiger partial charge >= 0.3 is 0 Å². The summed E-state index contributed by atoms with van der Waals surface area (Å²) < 4.78 is 0. The van der Waals surface area contributed by atoms with Gasteiger partial charge in [-0.2, -0.15) is 0 Å². The van der Waals surface area contributed by atoms with Crippen LogP contribution in [0.3, 0.4) is 0 Å². The van der Waals surface area contributed by atoms with Crippen LogP contribution in [0, 0.1) is 0 Å². The molecule has 10 heavy (non-hydrogen) atoms. The second-order valence-corrected chi connectivity index (χ2v) is 2.36. The van der Waals surface area contributed by atoms with Crippen molar-refractivity contribution in [3.8, 4) is 0 Å². The van der Waals surface area contributed by atoms with Crippen molar-refractivity contribution in [3.63, 3.8) is 0 Å². The van der Waals surface area contributed by atoms with Gasteiger partial charge in [0.2, 0.25) is 0 Å². The van der Waals surface area contributed by atoms with Crippen molar-refractivity contribution in [1.29, 1.82) is 0 Å². The van der Waals surface area contributed by atoms with E-state index in [-0.39, 0.29) is 0 Å². The molecule has 0 aromatic rings. The maximum absolute atomic E-state index is 3.65. The number of rotatable bonds is 2. The Labute approximate surface area is 62.3 Å². The van der Waals surface area contributed by atoms with Crippen LogP contribution >= 0.6 is 0 Å². The van der Waals surface area contributed by atoms with Crippen LogP contribution < -0.4 is 0 Å². The van der Waals surface area contributed by atoms with E-state index in [0.717, 1.165) is 0 Å². The van der Waals surface area contributed by atoms with Crippen LogP contribution in [0.25, 0.3) is 0 Å². The summed E-state index contributed by atoms with van der Waals surface area (Å²) in [6, 6.07) is 0. The van der Waals surface area contributed by atoms with E-state index in [2.05, 4.69) is 25.3 Å². The van der Waals surface area contributed by atoms with Crippen molar-refractivity contribution in [1.82, 2.24) is 0 Å². The van der Waals surface area contributed by atoms with Gasteiger partial charge in [0.15, 0.2) is 0 Å². The highest BCUT2D eigenvalue weighted by Gasteiger charge is 2.13. The van der Waals surface area contributed by atoms with Gasteiger partial charge in [0, 0.05) is 0 Å². The summed E-state index contributed by atoms with van der Waals surface area (Å²) in [6.07, 6.45) is 10.2. The lowest BCUT2D eigenvalue weighted by molar-refractivity contribution is 0.824. The molecule has 0 heteroatoms. The predicted octanol–water partition coefficient (Wildman–Crippen LogP) is 3.01. The van der Waals surface area contributed by atoms with Gasteiger partial charge in [-0.05, 0) is 24.0 Å². The zero-order chi connectivity index (χ0) is 7.40. The molecule has 52 valence electrons. The zero-order valence-electron chi connectivity index (χ0n) is 6.14. The highest BCUT2D eigenvalue weighted by atomic mass is 14.2. The molecular formula is C10H12. The summed E-state index contributed by atoms with van der Waals surface area (Å²) in [5.41, 5.74) is 2.82. The largest absolute Gasteiger partial charge is 0.0991 e. The molecule has 0 spiro atoms. The van der Waals surface area contributed by atoms with Crippen molar-refractivity contribution in [2.75, 3.05) is 0 Å². The van der Waals surface area contributed by atoms with Crippen LogP contribution in [0.5, 0.6) is 0 Å². The Balaban J connectivity index is 2.67. The molecule has 0 nitrogen and oxygen atoms in total. The van der Waals surface area contributed by atoms with Crippen LogP contribution in [0.4, 0.5) is 0 Å². The Hall–Kier alpha value is -1.04. The fourth-order valence-electron chi connectivity index (χ4n) is 1.08. The first kappa shape index (κ1) is 7.07. The fraction of sp³-hybridized carbons (Fsp3) is 0.200. The molecular weight excluding hydrogens is 120 g/mol. The second-order valence-electron chi connectivity index (χ2n) is 2.36. The molecule has 1 fully saturated rings. The van der Waals surface area contributed by atoms with Crippen LogP contribution in [-0.4, -0.2) is 0 Å². The fourth-order valence-corrected chi connectivity index (χ4v) is 1.08. The lowest BCUT2D eigenvalue weighted by Gasteiger charge is -2.20. The van der Waals surface area contributed by atoms with Gasteiger partial charge in [0.1, 0.15) is 0 Å². The summed E-state index contributed by atoms with van der Waals surface area (Å²) in [5, 5.41) is 0. The summed E-state index contributed by atoms with van der Waals surface area (Å²) in [6.45, 7) is 7.30. The Morgan fingerprint density at radius 1 is 0.900 bits per heavy atom. The van der Waals surface area contributed by atoms with Gasteiger partial charge in [-0.15, -0.1) is 0 Å². The first-order valence-corrected chi connectivity index (χ1v) is 3.52. The molecule has 1 aliphatic rings. The Kier molecular flexibility index (Phi) is 2.27. The minimum absolute atomic E-state index is 1.20. The van der Waals surface area contributed by atoms with E-state index in [0.29, 0.717) is 0 Å². The first-order valence-electron chi connectivity index (χ1n) is 3.52.